The standard InChI is InChI=1S/C12H8ClF/c13-11-6-10(7-12(14)8-11)9-4-2-1-3-5-9/h1-8H/i1D,2D,3D,4D,5D. The molecule has 70 valence electrons. The van der Waals surface area contributed by atoms with Crippen LogP contribution in [0.1, 0.15) is 6.85 Å². The van der Waals surface area contributed by atoms with Crippen LogP contribution in [0, 0.1) is 5.82 Å². The van der Waals surface area contributed by atoms with Gasteiger partial charge in [-0.3, -0.25) is 0 Å². The fourth-order valence-corrected chi connectivity index (χ4v) is 1.31. The quantitative estimate of drug-likeness (QED) is 0.665. The van der Waals surface area contributed by atoms with E-state index >= 15 is 0 Å². The van der Waals surface area contributed by atoms with Crippen LogP contribution in [0.15, 0.2) is 48.4 Å². The second-order valence-corrected chi connectivity index (χ2v) is 3.09. The van der Waals surface area contributed by atoms with E-state index in [4.69, 9.17) is 18.5 Å². The molecular formula is C12H8ClF. The Balaban J connectivity index is 2.82. The van der Waals surface area contributed by atoms with Crippen molar-refractivity contribution in [3.05, 3.63) is 59.3 Å². The third-order valence-electron chi connectivity index (χ3n) is 1.65. The molecule has 14 heavy (non-hydrogen) atoms. The largest absolute Gasteiger partial charge is 0.207 e. The van der Waals surface area contributed by atoms with E-state index in [-0.39, 0.29) is 28.2 Å². The van der Waals surface area contributed by atoms with Crippen LogP contribution < -0.4 is 0 Å². The van der Waals surface area contributed by atoms with Crippen molar-refractivity contribution >= 4 is 11.6 Å². The Morgan fingerprint density at radius 1 is 1.00 bits per heavy atom. The summed E-state index contributed by atoms with van der Waals surface area (Å²) in [6.45, 7) is 0. The Labute approximate surface area is 94.0 Å². The van der Waals surface area contributed by atoms with Crippen LogP contribution >= 0.6 is 11.6 Å². The normalized spacial score (nSPS) is 15.1. The highest BCUT2D eigenvalue weighted by Crippen LogP contribution is 2.23. The molecule has 0 spiro atoms. The summed E-state index contributed by atoms with van der Waals surface area (Å²) in [5, 5.41) is 0.0989. The summed E-state index contributed by atoms with van der Waals surface area (Å²) in [7, 11) is 0. The van der Waals surface area contributed by atoms with E-state index in [1.807, 2.05) is 0 Å². The van der Waals surface area contributed by atoms with Gasteiger partial charge in [0.1, 0.15) is 5.82 Å². The molecule has 2 heteroatoms. The first-order valence-corrected chi connectivity index (χ1v) is 4.24. The van der Waals surface area contributed by atoms with Gasteiger partial charge in [0.15, 0.2) is 0 Å². The van der Waals surface area contributed by atoms with Crippen molar-refractivity contribution in [2.24, 2.45) is 0 Å². The van der Waals surface area contributed by atoms with Crippen LogP contribution in [0.25, 0.3) is 11.1 Å². The van der Waals surface area contributed by atoms with E-state index in [1.54, 1.807) is 0 Å². The van der Waals surface area contributed by atoms with Crippen molar-refractivity contribution in [1.29, 1.82) is 0 Å². The van der Waals surface area contributed by atoms with Crippen molar-refractivity contribution in [3.8, 4) is 11.1 Å². The minimum absolute atomic E-state index is 0.0626. The second kappa shape index (κ2) is 3.81. The van der Waals surface area contributed by atoms with Crippen LogP contribution in [-0.2, 0) is 0 Å². The summed E-state index contributed by atoms with van der Waals surface area (Å²) in [5.41, 5.74) is 0.0920. The molecule has 0 aliphatic carbocycles. The first-order chi connectivity index (χ1) is 8.82. The van der Waals surface area contributed by atoms with Gasteiger partial charge < -0.3 is 0 Å². The highest BCUT2D eigenvalue weighted by molar-refractivity contribution is 6.30. The Hall–Kier alpha value is -1.34. The Morgan fingerprint density at radius 2 is 1.71 bits per heavy atom. The maximum absolute atomic E-state index is 13.3. The van der Waals surface area contributed by atoms with Gasteiger partial charge in [0, 0.05) is 5.02 Å². The summed E-state index contributed by atoms with van der Waals surface area (Å²) in [5.74, 6) is -0.630. The monoisotopic (exact) mass is 211 g/mol. The molecule has 2 aromatic rings. The van der Waals surface area contributed by atoms with E-state index < -0.39 is 23.9 Å². The maximum Gasteiger partial charge on any atom is 0.125 e. The molecule has 0 heterocycles. The summed E-state index contributed by atoms with van der Waals surface area (Å²) in [4.78, 5) is 0. The molecule has 0 radical (unpaired) electrons. The SMILES string of the molecule is [2H]c1c([2H])c([2H])c(-c2cc(F)cc(Cl)c2)c([2H])c1[2H]. The molecule has 0 saturated heterocycles. The molecule has 0 aliphatic rings. The molecule has 0 N–H and O–H groups in total. The van der Waals surface area contributed by atoms with Crippen LogP contribution in [0.5, 0.6) is 0 Å². The predicted octanol–water partition coefficient (Wildman–Crippen LogP) is 4.15. The molecule has 2 aromatic carbocycles. The van der Waals surface area contributed by atoms with E-state index in [9.17, 15) is 4.39 Å². The minimum Gasteiger partial charge on any atom is -0.207 e. The number of hydrogen-bond acceptors (Lipinski definition) is 0. The number of halogens is 2. The Bertz CT molecular complexity index is 622. The first kappa shape index (κ1) is 4.94. The third kappa shape index (κ3) is 1.94. The fraction of sp³-hybridized carbons (Fsp3) is 0. The van der Waals surface area contributed by atoms with Gasteiger partial charge in [0.25, 0.3) is 0 Å². The second-order valence-electron chi connectivity index (χ2n) is 2.66. The van der Waals surface area contributed by atoms with E-state index in [0.29, 0.717) is 0 Å². The highest BCUT2D eigenvalue weighted by Gasteiger charge is 2.00. The number of benzene rings is 2. The van der Waals surface area contributed by atoms with E-state index in [0.717, 1.165) is 12.1 Å². The van der Waals surface area contributed by atoms with Crippen molar-refractivity contribution in [2.45, 2.75) is 0 Å². The van der Waals surface area contributed by atoms with Crippen LogP contribution in [0.2, 0.25) is 5.02 Å². The smallest absolute Gasteiger partial charge is 0.125 e. The van der Waals surface area contributed by atoms with Crippen LogP contribution in [0.3, 0.4) is 0 Å². The van der Waals surface area contributed by atoms with Crippen LogP contribution in [-0.4, -0.2) is 0 Å². The summed E-state index contributed by atoms with van der Waals surface area (Å²) >= 11 is 5.72. The lowest BCUT2D eigenvalue weighted by atomic mass is 10.1. The van der Waals surface area contributed by atoms with E-state index in [2.05, 4.69) is 0 Å². The van der Waals surface area contributed by atoms with Gasteiger partial charge in [0.2, 0.25) is 0 Å². The lowest BCUT2D eigenvalue weighted by Crippen LogP contribution is -1.80. The molecule has 0 saturated carbocycles. The lowest BCUT2D eigenvalue weighted by Gasteiger charge is -2.01. The van der Waals surface area contributed by atoms with E-state index in [1.165, 1.54) is 6.07 Å². The maximum atomic E-state index is 13.3. The number of hydrogen-bond donors (Lipinski definition) is 0. The Kier molecular flexibility index (Phi) is 1.34. The van der Waals surface area contributed by atoms with Crippen molar-refractivity contribution in [3.63, 3.8) is 0 Å². The zero-order chi connectivity index (χ0) is 14.3. The van der Waals surface area contributed by atoms with Gasteiger partial charge in [-0.25, -0.2) is 4.39 Å². The molecule has 0 atom stereocenters. The summed E-state index contributed by atoms with van der Waals surface area (Å²) < 4.78 is 51.5. The summed E-state index contributed by atoms with van der Waals surface area (Å²) in [6, 6.07) is 1.35. The summed E-state index contributed by atoms with van der Waals surface area (Å²) in [6.07, 6.45) is 0. The van der Waals surface area contributed by atoms with Gasteiger partial charge in [-0.2, -0.15) is 0 Å². The zero-order valence-electron chi connectivity index (χ0n) is 12.0. The van der Waals surface area contributed by atoms with Crippen LogP contribution in [0.4, 0.5) is 4.39 Å². The average molecular weight is 212 g/mol. The van der Waals surface area contributed by atoms with Crippen molar-refractivity contribution in [1.82, 2.24) is 0 Å². The van der Waals surface area contributed by atoms with Crippen molar-refractivity contribution in [2.75, 3.05) is 0 Å². The molecule has 0 unspecified atom stereocenters. The van der Waals surface area contributed by atoms with Gasteiger partial charge in [-0.15, -0.1) is 0 Å². The van der Waals surface area contributed by atoms with Gasteiger partial charge in [0.05, 0.1) is 6.85 Å². The molecule has 0 nitrogen and oxygen atoms in total. The Morgan fingerprint density at radius 3 is 2.36 bits per heavy atom. The first-order valence-electron chi connectivity index (χ1n) is 6.36. The molecule has 0 aromatic heterocycles. The molecule has 0 amide bonds. The van der Waals surface area contributed by atoms with Gasteiger partial charge >= 0.3 is 0 Å². The average Bonchev–Trinajstić information content (AvgIpc) is 2.33. The van der Waals surface area contributed by atoms with Crippen molar-refractivity contribution < 1.29 is 11.2 Å². The molecular weight excluding hydrogens is 199 g/mol. The molecule has 0 aliphatic heterocycles. The molecule has 0 bridgehead atoms. The van der Waals surface area contributed by atoms with Gasteiger partial charge in [-0.05, 0) is 29.3 Å². The predicted molar refractivity (Wildman–Crippen MR) is 56.8 cm³/mol. The fourth-order valence-electron chi connectivity index (χ4n) is 1.09. The number of rotatable bonds is 1. The molecule has 0 fully saturated rings. The third-order valence-corrected chi connectivity index (χ3v) is 1.87. The topological polar surface area (TPSA) is 0 Å². The van der Waals surface area contributed by atoms with Gasteiger partial charge in [-0.1, -0.05) is 41.8 Å². The molecule has 2 rings (SSSR count). The minimum atomic E-state index is -0.630. The lowest BCUT2D eigenvalue weighted by molar-refractivity contribution is 0.628. The highest BCUT2D eigenvalue weighted by atomic mass is 35.5. The zero-order valence-corrected chi connectivity index (χ0v) is 7.74.